The Bertz CT molecular complexity index is 1210. The van der Waals surface area contributed by atoms with E-state index in [1.165, 1.54) is 12.1 Å². The molecular formula is C21H13F6NO5S2. The molecule has 3 rings (SSSR count). The Morgan fingerprint density at radius 1 is 1.09 bits per heavy atom. The Morgan fingerprint density at radius 3 is 2.14 bits per heavy atom. The van der Waals surface area contributed by atoms with Crippen LogP contribution in [0.15, 0.2) is 35.2 Å². The van der Waals surface area contributed by atoms with Gasteiger partial charge in [-0.3, -0.25) is 4.79 Å². The van der Waals surface area contributed by atoms with Crippen LogP contribution in [0, 0.1) is 0 Å². The number of thioether (sulfide) groups is 1. The number of methoxy groups -OCH3 is 1. The topological polar surface area (TPSA) is 84.9 Å². The Morgan fingerprint density at radius 2 is 1.69 bits per heavy atom. The van der Waals surface area contributed by atoms with Crippen molar-refractivity contribution in [3.8, 4) is 22.6 Å². The molecule has 0 unspecified atom stereocenters. The lowest BCUT2D eigenvalue weighted by atomic mass is 9.96. The first-order valence-electron chi connectivity index (χ1n) is 9.30. The van der Waals surface area contributed by atoms with Gasteiger partial charge in [0, 0.05) is 5.56 Å². The Hall–Kier alpha value is -3.26. The first-order valence-corrected chi connectivity index (χ1v) is 10.5. The standard InChI is InChI=1S/C21H13F6NO5S2/c1-32-14-3-9(4-15-18(31)28-19(34)35-15)2-13(17(14)33-8-16(29)30)10-5-11(20(22,23)24)7-12(6-10)21(25,26)27/h2-7H,8H2,1H3,(H,29,30)(H,28,31,34)/b15-4-. The highest BCUT2D eigenvalue weighted by molar-refractivity contribution is 8.26. The predicted molar refractivity (Wildman–Crippen MR) is 118 cm³/mol. The van der Waals surface area contributed by atoms with E-state index in [2.05, 4.69) is 5.32 Å². The molecule has 186 valence electrons. The lowest BCUT2D eigenvalue weighted by Crippen LogP contribution is -2.17. The van der Waals surface area contributed by atoms with Crippen LogP contribution in [-0.4, -0.2) is 35.0 Å². The first-order chi connectivity index (χ1) is 16.2. The quantitative estimate of drug-likeness (QED) is 0.292. The summed E-state index contributed by atoms with van der Waals surface area (Å²) in [5.41, 5.74) is -3.89. The van der Waals surface area contributed by atoms with Crippen molar-refractivity contribution in [2.24, 2.45) is 0 Å². The van der Waals surface area contributed by atoms with Crippen molar-refractivity contribution in [2.45, 2.75) is 12.4 Å². The van der Waals surface area contributed by atoms with Crippen molar-refractivity contribution in [3.63, 3.8) is 0 Å². The van der Waals surface area contributed by atoms with E-state index in [0.29, 0.717) is 12.1 Å². The van der Waals surface area contributed by atoms with E-state index in [1.54, 1.807) is 0 Å². The van der Waals surface area contributed by atoms with Crippen molar-refractivity contribution in [2.75, 3.05) is 13.7 Å². The van der Waals surface area contributed by atoms with Gasteiger partial charge < -0.3 is 19.9 Å². The second kappa shape index (κ2) is 9.77. The molecule has 0 aliphatic carbocycles. The number of carbonyl (C=O) groups is 2. The molecule has 1 saturated heterocycles. The van der Waals surface area contributed by atoms with E-state index >= 15 is 0 Å². The number of hydrogen-bond donors (Lipinski definition) is 2. The molecule has 0 saturated carbocycles. The molecule has 0 radical (unpaired) electrons. The molecule has 2 aromatic rings. The van der Waals surface area contributed by atoms with Gasteiger partial charge in [0.15, 0.2) is 18.1 Å². The van der Waals surface area contributed by atoms with Crippen LogP contribution >= 0.6 is 24.0 Å². The van der Waals surface area contributed by atoms with E-state index in [-0.39, 0.29) is 32.2 Å². The minimum absolute atomic E-state index is 0.0369. The summed E-state index contributed by atoms with van der Waals surface area (Å²) in [6.45, 7) is -0.957. The van der Waals surface area contributed by atoms with Gasteiger partial charge in [-0.2, -0.15) is 26.3 Å². The SMILES string of the molecule is COc1cc(/C=C2\SC(=S)NC2=O)cc(-c2cc(C(F)(F)F)cc(C(F)(F)F)c2)c1OCC(=O)O. The summed E-state index contributed by atoms with van der Waals surface area (Å²) in [5.74, 6) is -2.59. The Labute approximate surface area is 202 Å². The molecule has 1 aliphatic heterocycles. The zero-order chi connectivity index (χ0) is 26.1. The average molecular weight is 537 g/mol. The van der Waals surface area contributed by atoms with E-state index in [4.69, 9.17) is 26.8 Å². The molecule has 14 heteroatoms. The number of carbonyl (C=O) groups excluding carboxylic acids is 1. The summed E-state index contributed by atoms with van der Waals surface area (Å²) in [5, 5.41) is 11.3. The third kappa shape index (κ3) is 6.25. The zero-order valence-electron chi connectivity index (χ0n) is 17.3. The minimum atomic E-state index is -5.12. The number of alkyl halides is 6. The maximum Gasteiger partial charge on any atom is 0.416 e. The molecule has 1 fully saturated rings. The fourth-order valence-corrected chi connectivity index (χ4v) is 4.08. The van der Waals surface area contributed by atoms with Crippen LogP contribution in [0.4, 0.5) is 26.3 Å². The molecule has 0 spiro atoms. The van der Waals surface area contributed by atoms with Crippen molar-refractivity contribution < 1.29 is 50.5 Å². The molecule has 1 amide bonds. The number of halogens is 6. The number of hydrogen-bond acceptors (Lipinski definition) is 6. The molecule has 35 heavy (non-hydrogen) atoms. The maximum atomic E-state index is 13.4. The van der Waals surface area contributed by atoms with Crippen LogP contribution in [0.1, 0.15) is 16.7 Å². The summed E-state index contributed by atoms with van der Waals surface area (Å²) >= 11 is 5.79. The molecule has 2 N–H and O–H groups in total. The number of aliphatic carboxylic acids is 1. The van der Waals surface area contributed by atoms with Crippen molar-refractivity contribution >= 4 is 46.3 Å². The zero-order valence-corrected chi connectivity index (χ0v) is 19.0. The third-order valence-electron chi connectivity index (χ3n) is 4.48. The Kier molecular flexibility index (Phi) is 7.36. The fraction of sp³-hybridized carbons (Fsp3) is 0.190. The summed E-state index contributed by atoms with van der Waals surface area (Å²) < 4.78 is 91.0. The third-order valence-corrected chi connectivity index (χ3v) is 5.64. The number of amides is 1. The molecule has 1 aliphatic rings. The summed E-state index contributed by atoms with van der Waals surface area (Å²) in [4.78, 5) is 23.1. The van der Waals surface area contributed by atoms with Crippen LogP contribution in [0.25, 0.3) is 17.2 Å². The van der Waals surface area contributed by atoms with Crippen LogP contribution in [0.2, 0.25) is 0 Å². The van der Waals surface area contributed by atoms with E-state index in [1.807, 2.05) is 0 Å². The van der Waals surface area contributed by atoms with Crippen LogP contribution in [0.3, 0.4) is 0 Å². The lowest BCUT2D eigenvalue weighted by molar-refractivity contribution is -0.143. The highest BCUT2D eigenvalue weighted by atomic mass is 32.2. The molecule has 1 heterocycles. The number of carboxylic acid groups (broad SMARTS) is 1. The molecule has 0 aromatic heterocycles. The van der Waals surface area contributed by atoms with E-state index in [9.17, 15) is 35.9 Å². The first kappa shape index (κ1) is 26.3. The number of carboxylic acids is 1. The number of ether oxygens (including phenoxy) is 2. The number of rotatable bonds is 6. The van der Waals surface area contributed by atoms with Gasteiger partial charge in [-0.1, -0.05) is 24.0 Å². The van der Waals surface area contributed by atoms with Gasteiger partial charge in [0.2, 0.25) is 0 Å². The highest BCUT2D eigenvalue weighted by Crippen LogP contribution is 2.44. The van der Waals surface area contributed by atoms with E-state index in [0.717, 1.165) is 24.9 Å². The smallest absolute Gasteiger partial charge is 0.416 e. The predicted octanol–water partition coefficient (Wildman–Crippen LogP) is 5.35. The normalized spacial score (nSPS) is 15.3. The lowest BCUT2D eigenvalue weighted by Gasteiger charge is -2.18. The largest absolute Gasteiger partial charge is 0.493 e. The Balaban J connectivity index is 2.30. The maximum absolute atomic E-state index is 13.4. The average Bonchev–Trinajstić information content (AvgIpc) is 3.06. The number of benzene rings is 2. The fourth-order valence-electron chi connectivity index (χ4n) is 3.04. The summed E-state index contributed by atoms with van der Waals surface area (Å²) in [7, 11) is 1.14. The number of thiocarbonyl (C=S) groups is 1. The second-order valence-corrected chi connectivity index (χ2v) is 8.65. The molecule has 0 bridgehead atoms. The molecular weight excluding hydrogens is 524 g/mol. The summed E-state index contributed by atoms with van der Waals surface area (Å²) in [6, 6.07) is 3.34. The summed E-state index contributed by atoms with van der Waals surface area (Å²) in [6.07, 6.45) is -8.93. The monoisotopic (exact) mass is 537 g/mol. The van der Waals surface area contributed by atoms with Gasteiger partial charge in [0.05, 0.1) is 23.1 Å². The second-order valence-electron chi connectivity index (χ2n) is 6.93. The van der Waals surface area contributed by atoms with Crippen molar-refractivity contribution in [1.82, 2.24) is 5.32 Å². The van der Waals surface area contributed by atoms with Gasteiger partial charge in [0.1, 0.15) is 4.32 Å². The van der Waals surface area contributed by atoms with Crippen LogP contribution < -0.4 is 14.8 Å². The van der Waals surface area contributed by atoms with Gasteiger partial charge in [-0.25, -0.2) is 4.79 Å². The molecule has 6 nitrogen and oxygen atoms in total. The van der Waals surface area contributed by atoms with Gasteiger partial charge in [0.25, 0.3) is 5.91 Å². The molecule has 0 atom stereocenters. The van der Waals surface area contributed by atoms with Gasteiger partial charge >= 0.3 is 18.3 Å². The highest BCUT2D eigenvalue weighted by Gasteiger charge is 2.37. The van der Waals surface area contributed by atoms with Gasteiger partial charge in [-0.05, 0) is 47.5 Å². The van der Waals surface area contributed by atoms with Crippen LogP contribution in [-0.2, 0) is 21.9 Å². The van der Waals surface area contributed by atoms with E-state index < -0.39 is 53.3 Å². The van der Waals surface area contributed by atoms with Crippen molar-refractivity contribution in [3.05, 3.63) is 51.9 Å². The van der Waals surface area contributed by atoms with Crippen molar-refractivity contribution in [1.29, 1.82) is 0 Å². The minimum Gasteiger partial charge on any atom is -0.493 e. The van der Waals surface area contributed by atoms with Gasteiger partial charge in [-0.15, -0.1) is 0 Å². The van der Waals surface area contributed by atoms with Crippen LogP contribution in [0.5, 0.6) is 11.5 Å². The molecule has 2 aromatic carbocycles. The number of nitrogens with one attached hydrogen (secondary N) is 1.